The van der Waals surface area contributed by atoms with Gasteiger partial charge in [-0.3, -0.25) is 0 Å². The molecule has 1 heterocycles. The number of hydrogen-bond acceptors (Lipinski definition) is 2. The van der Waals surface area contributed by atoms with Crippen molar-refractivity contribution in [2.75, 3.05) is 26.7 Å². The summed E-state index contributed by atoms with van der Waals surface area (Å²) in [6.45, 7) is 7.51. The molecule has 4 heteroatoms. The molecular formula is C12H25N3S. The van der Waals surface area contributed by atoms with E-state index in [4.69, 9.17) is 12.2 Å². The van der Waals surface area contributed by atoms with E-state index in [2.05, 4.69) is 36.4 Å². The largest absolute Gasteiger partial charge is 0.362 e. The molecule has 1 saturated heterocycles. The highest BCUT2D eigenvalue weighted by Crippen LogP contribution is 2.13. The zero-order valence-electron chi connectivity index (χ0n) is 10.8. The van der Waals surface area contributed by atoms with Crippen LogP contribution in [-0.4, -0.2) is 42.7 Å². The lowest BCUT2D eigenvalue weighted by molar-refractivity contribution is 0.186. The molecule has 0 aromatic rings. The van der Waals surface area contributed by atoms with Gasteiger partial charge in [-0.2, -0.15) is 0 Å². The van der Waals surface area contributed by atoms with Crippen LogP contribution in [0.5, 0.6) is 0 Å². The molecule has 0 radical (unpaired) electrons. The van der Waals surface area contributed by atoms with Crippen molar-refractivity contribution in [3.63, 3.8) is 0 Å². The Labute approximate surface area is 105 Å². The maximum atomic E-state index is 5.24. The van der Waals surface area contributed by atoms with E-state index >= 15 is 0 Å². The molecule has 2 N–H and O–H groups in total. The van der Waals surface area contributed by atoms with Crippen molar-refractivity contribution >= 4 is 17.3 Å². The minimum atomic E-state index is 0.636. The van der Waals surface area contributed by atoms with Crippen LogP contribution in [0, 0.1) is 5.92 Å². The second-order valence-electron chi connectivity index (χ2n) is 5.11. The van der Waals surface area contributed by atoms with Gasteiger partial charge >= 0.3 is 0 Å². The molecule has 0 bridgehead atoms. The zero-order chi connectivity index (χ0) is 12.0. The van der Waals surface area contributed by atoms with Crippen molar-refractivity contribution in [1.29, 1.82) is 0 Å². The molecule has 1 rings (SSSR count). The van der Waals surface area contributed by atoms with Crippen LogP contribution < -0.4 is 10.6 Å². The third-order valence-corrected chi connectivity index (χ3v) is 3.38. The van der Waals surface area contributed by atoms with Gasteiger partial charge in [-0.05, 0) is 44.6 Å². The molecule has 0 amide bonds. The predicted octanol–water partition coefficient (Wildman–Crippen LogP) is 1.59. The van der Waals surface area contributed by atoms with Gasteiger partial charge in [0.05, 0.1) is 0 Å². The molecule has 0 aromatic heterocycles. The van der Waals surface area contributed by atoms with E-state index in [1.165, 1.54) is 25.8 Å². The van der Waals surface area contributed by atoms with Gasteiger partial charge in [0.2, 0.25) is 0 Å². The van der Waals surface area contributed by atoms with Crippen LogP contribution in [0.15, 0.2) is 0 Å². The Morgan fingerprint density at radius 3 is 2.75 bits per heavy atom. The first-order valence-corrected chi connectivity index (χ1v) is 6.72. The van der Waals surface area contributed by atoms with Gasteiger partial charge in [0, 0.05) is 19.1 Å². The molecular weight excluding hydrogens is 218 g/mol. The SMILES string of the molecule is CC(C)CNC(=S)NCC1CCCCN1C. The highest BCUT2D eigenvalue weighted by atomic mass is 32.1. The van der Waals surface area contributed by atoms with Crippen molar-refractivity contribution in [3.8, 4) is 0 Å². The third-order valence-electron chi connectivity index (χ3n) is 3.09. The van der Waals surface area contributed by atoms with E-state index < -0.39 is 0 Å². The lowest BCUT2D eigenvalue weighted by Gasteiger charge is -2.32. The Bertz CT molecular complexity index is 218. The van der Waals surface area contributed by atoms with Crippen LogP contribution in [0.1, 0.15) is 33.1 Å². The van der Waals surface area contributed by atoms with Crippen LogP contribution in [0.4, 0.5) is 0 Å². The first-order chi connectivity index (χ1) is 7.59. The highest BCUT2D eigenvalue weighted by molar-refractivity contribution is 7.80. The second-order valence-corrected chi connectivity index (χ2v) is 5.52. The van der Waals surface area contributed by atoms with Gasteiger partial charge in [-0.15, -0.1) is 0 Å². The number of thiocarbonyl (C=S) groups is 1. The van der Waals surface area contributed by atoms with Crippen LogP contribution in [0.2, 0.25) is 0 Å². The van der Waals surface area contributed by atoms with Crippen LogP contribution in [0.25, 0.3) is 0 Å². The van der Waals surface area contributed by atoms with Gasteiger partial charge in [0.1, 0.15) is 0 Å². The van der Waals surface area contributed by atoms with Crippen molar-refractivity contribution in [1.82, 2.24) is 15.5 Å². The fourth-order valence-electron chi connectivity index (χ4n) is 1.97. The first-order valence-electron chi connectivity index (χ1n) is 6.31. The molecule has 1 atom stereocenters. The van der Waals surface area contributed by atoms with Gasteiger partial charge in [0.25, 0.3) is 0 Å². The number of nitrogens with zero attached hydrogens (tertiary/aromatic N) is 1. The Balaban J connectivity index is 2.15. The van der Waals surface area contributed by atoms with Crippen molar-refractivity contribution in [2.45, 2.75) is 39.2 Å². The first kappa shape index (κ1) is 13.7. The maximum absolute atomic E-state index is 5.24. The number of likely N-dealkylation sites (N-methyl/N-ethyl adjacent to an activating group) is 1. The summed E-state index contributed by atoms with van der Waals surface area (Å²) < 4.78 is 0. The molecule has 1 aliphatic rings. The number of hydrogen-bond donors (Lipinski definition) is 2. The van der Waals surface area contributed by atoms with Crippen molar-refractivity contribution in [3.05, 3.63) is 0 Å². The fourth-order valence-corrected chi connectivity index (χ4v) is 2.14. The fraction of sp³-hybridized carbons (Fsp3) is 0.917. The quantitative estimate of drug-likeness (QED) is 0.733. The summed E-state index contributed by atoms with van der Waals surface area (Å²) >= 11 is 5.24. The standard InChI is InChI=1S/C12H25N3S/c1-10(2)8-13-12(16)14-9-11-6-4-5-7-15(11)3/h10-11H,4-9H2,1-3H3,(H2,13,14,16). The average Bonchev–Trinajstić information content (AvgIpc) is 2.25. The predicted molar refractivity (Wildman–Crippen MR) is 73.7 cm³/mol. The summed E-state index contributed by atoms with van der Waals surface area (Å²) in [6, 6.07) is 0.646. The number of nitrogens with one attached hydrogen (secondary N) is 2. The molecule has 0 spiro atoms. The van der Waals surface area contributed by atoms with Crippen LogP contribution in [0.3, 0.4) is 0 Å². The molecule has 94 valence electrons. The van der Waals surface area contributed by atoms with E-state index in [0.717, 1.165) is 18.2 Å². The molecule has 3 nitrogen and oxygen atoms in total. The molecule has 1 unspecified atom stereocenters. The minimum Gasteiger partial charge on any atom is -0.362 e. The average molecular weight is 243 g/mol. The lowest BCUT2D eigenvalue weighted by atomic mass is 10.0. The number of likely N-dealkylation sites (tertiary alicyclic amines) is 1. The van der Waals surface area contributed by atoms with Gasteiger partial charge in [-0.25, -0.2) is 0 Å². The number of rotatable bonds is 4. The molecule has 16 heavy (non-hydrogen) atoms. The molecule has 1 fully saturated rings. The van der Waals surface area contributed by atoms with Crippen molar-refractivity contribution < 1.29 is 0 Å². The molecule has 1 aliphatic heterocycles. The second kappa shape index (κ2) is 7.07. The van der Waals surface area contributed by atoms with E-state index in [0.29, 0.717) is 12.0 Å². The molecule has 0 aromatic carbocycles. The molecule has 0 saturated carbocycles. The van der Waals surface area contributed by atoms with Gasteiger partial charge < -0.3 is 15.5 Å². The Morgan fingerprint density at radius 1 is 1.38 bits per heavy atom. The smallest absolute Gasteiger partial charge is 0.166 e. The monoisotopic (exact) mass is 243 g/mol. The summed E-state index contributed by atoms with van der Waals surface area (Å²) in [4.78, 5) is 2.43. The van der Waals surface area contributed by atoms with E-state index in [-0.39, 0.29) is 0 Å². The van der Waals surface area contributed by atoms with Gasteiger partial charge in [0.15, 0.2) is 5.11 Å². The zero-order valence-corrected chi connectivity index (χ0v) is 11.6. The van der Waals surface area contributed by atoms with Gasteiger partial charge in [-0.1, -0.05) is 20.3 Å². The Morgan fingerprint density at radius 2 is 2.12 bits per heavy atom. The van der Waals surface area contributed by atoms with E-state index in [9.17, 15) is 0 Å². The van der Waals surface area contributed by atoms with E-state index in [1.807, 2.05) is 0 Å². The van der Waals surface area contributed by atoms with E-state index in [1.54, 1.807) is 0 Å². The Hall–Kier alpha value is -0.350. The Kier molecular flexibility index (Phi) is 6.06. The molecule has 0 aliphatic carbocycles. The minimum absolute atomic E-state index is 0.636. The summed E-state index contributed by atoms with van der Waals surface area (Å²) in [5.74, 6) is 0.636. The highest BCUT2D eigenvalue weighted by Gasteiger charge is 2.18. The summed E-state index contributed by atoms with van der Waals surface area (Å²) in [7, 11) is 2.20. The van der Waals surface area contributed by atoms with Crippen LogP contribution in [-0.2, 0) is 0 Å². The summed E-state index contributed by atoms with van der Waals surface area (Å²) in [5, 5.41) is 7.35. The number of piperidine rings is 1. The summed E-state index contributed by atoms with van der Waals surface area (Å²) in [6.07, 6.45) is 3.97. The maximum Gasteiger partial charge on any atom is 0.166 e. The van der Waals surface area contributed by atoms with Crippen molar-refractivity contribution in [2.24, 2.45) is 5.92 Å². The van der Waals surface area contributed by atoms with Crippen LogP contribution >= 0.6 is 12.2 Å². The third kappa shape index (κ3) is 5.12. The normalized spacial score (nSPS) is 22.1. The summed E-state index contributed by atoms with van der Waals surface area (Å²) in [5.41, 5.74) is 0. The topological polar surface area (TPSA) is 27.3 Å². The lowest BCUT2D eigenvalue weighted by Crippen LogP contribution is -2.47.